The average molecular weight is 276 g/mol. The lowest BCUT2D eigenvalue weighted by atomic mass is 10.2. The second kappa shape index (κ2) is 5.05. The molecular formula is C11H20N2O4S. The summed E-state index contributed by atoms with van der Waals surface area (Å²) in [5.74, 6) is 0.238. The van der Waals surface area contributed by atoms with E-state index in [1.54, 1.807) is 4.90 Å². The molecule has 0 bridgehead atoms. The van der Waals surface area contributed by atoms with Gasteiger partial charge in [-0.1, -0.05) is 0 Å². The van der Waals surface area contributed by atoms with Crippen LogP contribution in [0.15, 0.2) is 0 Å². The minimum absolute atomic E-state index is 0.0202. The van der Waals surface area contributed by atoms with Crippen molar-refractivity contribution in [3.05, 3.63) is 0 Å². The zero-order valence-electron chi connectivity index (χ0n) is 10.8. The van der Waals surface area contributed by atoms with Gasteiger partial charge in [0, 0.05) is 19.1 Å². The van der Waals surface area contributed by atoms with E-state index in [1.807, 2.05) is 13.8 Å². The predicted octanol–water partition coefficient (Wildman–Crippen LogP) is -0.00770. The van der Waals surface area contributed by atoms with Gasteiger partial charge in [-0.3, -0.25) is 0 Å². The number of carbonyl (C=O) groups is 1. The first-order chi connectivity index (χ1) is 8.35. The lowest BCUT2D eigenvalue weighted by Gasteiger charge is -2.35. The van der Waals surface area contributed by atoms with E-state index in [-0.39, 0.29) is 35.8 Å². The van der Waals surface area contributed by atoms with E-state index in [0.717, 1.165) is 0 Å². The van der Waals surface area contributed by atoms with Gasteiger partial charge < -0.3 is 15.0 Å². The van der Waals surface area contributed by atoms with Crippen LogP contribution >= 0.6 is 0 Å². The molecule has 2 saturated heterocycles. The van der Waals surface area contributed by atoms with Gasteiger partial charge in [0.1, 0.15) is 0 Å². The van der Waals surface area contributed by atoms with E-state index in [0.29, 0.717) is 19.5 Å². The van der Waals surface area contributed by atoms with Gasteiger partial charge in [0.25, 0.3) is 0 Å². The smallest absolute Gasteiger partial charge is 0.317 e. The van der Waals surface area contributed by atoms with Crippen molar-refractivity contribution in [2.24, 2.45) is 0 Å². The Balaban J connectivity index is 1.88. The molecule has 2 aliphatic heterocycles. The quantitative estimate of drug-likeness (QED) is 0.731. The van der Waals surface area contributed by atoms with E-state index in [2.05, 4.69) is 5.32 Å². The number of rotatable bonds is 1. The molecule has 6 nitrogen and oxygen atoms in total. The molecule has 2 amide bonds. The fraction of sp³-hybridized carbons (Fsp3) is 0.909. The number of hydrogen-bond acceptors (Lipinski definition) is 4. The monoisotopic (exact) mass is 276 g/mol. The number of urea groups is 1. The molecule has 2 fully saturated rings. The highest BCUT2D eigenvalue weighted by molar-refractivity contribution is 7.91. The van der Waals surface area contributed by atoms with Gasteiger partial charge >= 0.3 is 6.03 Å². The molecule has 2 heterocycles. The molecule has 7 heteroatoms. The second-order valence-corrected chi connectivity index (χ2v) is 7.44. The predicted molar refractivity (Wildman–Crippen MR) is 67.2 cm³/mol. The maximum absolute atomic E-state index is 12.0. The van der Waals surface area contributed by atoms with Crippen LogP contribution in [-0.4, -0.2) is 62.2 Å². The van der Waals surface area contributed by atoms with Crippen molar-refractivity contribution in [2.45, 2.75) is 38.5 Å². The van der Waals surface area contributed by atoms with Crippen molar-refractivity contribution in [1.82, 2.24) is 10.2 Å². The largest absolute Gasteiger partial charge is 0.372 e. The molecule has 0 radical (unpaired) electrons. The maximum atomic E-state index is 12.0. The van der Waals surface area contributed by atoms with Gasteiger partial charge in [0.2, 0.25) is 0 Å². The van der Waals surface area contributed by atoms with Crippen LogP contribution < -0.4 is 5.32 Å². The highest BCUT2D eigenvalue weighted by Gasteiger charge is 2.32. The number of hydrogen-bond donors (Lipinski definition) is 1. The molecule has 0 unspecified atom stereocenters. The SMILES string of the molecule is C[C@@H]1CN(C(=O)N[C@@H]2CCS(=O)(=O)C2)C[C@@H](C)O1. The van der Waals surface area contributed by atoms with Crippen molar-refractivity contribution in [3.8, 4) is 0 Å². The Kier molecular flexibility index (Phi) is 3.82. The van der Waals surface area contributed by atoms with Gasteiger partial charge in [-0.15, -0.1) is 0 Å². The lowest BCUT2D eigenvalue weighted by Crippen LogP contribution is -2.53. The number of carbonyl (C=O) groups excluding carboxylic acids is 1. The third-order valence-corrected chi connectivity index (χ3v) is 5.03. The molecule has 2 rings (SSSR count). The minimum Gasteiger partial charge on any atom is -0.372 e. The number of ether oxygens (including phenoxy) is 1. The molecular weight excluding hydrogens is 256 g/mol. The Bertz CT molecular complexity index is 413. The highest BCUT2D eigenvalue weighted by atomic mass is 32.2. The van der Waals surface area contributed by atoms with Crippen LogP contribution in [0.2, 0.25) is 0 Å². The van der Waals surface area contributed by atoms with Crippen molar-refractivity contribution >= 4 is 15.9 Å². The van der Waals surface area contributed by atoms with E-state index < -0.39 is 9.84 Å². The average Bonchev–Trinajstić information content (AvgIpc) is 2.56. The Morgan fingerprint density at radius 1 is 1.28 bits per heavy atom. The number of nitrogens with one attached hydrogen (secondary N) is 1. The van der Waals surface area contributed by atoms with Gasteiger partial charge in [0.15, 0.2) is 9.84 Å². The van der Waals surface area contributed by atoms with Crippen LogP contribution in [0.1, 0.15) is 20.3 Å². The maximum Gasteiger partial charge on any atom is 0.317 e. The molecule has 0 aromatic carbocycles. The molecule has 104 valence electrons. The first-order valence-electron chi connectivity index (χ1n) is 6.27. The molecule has 1 N–H and O–H groups in total. The first-order valence-corrected chi connectivity index (χ1v) is 8.09. The van der Waals surface area contributed by atoms with Gasteiger partial charge in [-0.25, -0.2) is 13.2 Å². The zero-order valence-corrected chi connectivity index (χ0v) is 11.6. The minimum atomic E-state index is -2.95. The van der Waals surface area contributed by atoms with E-state index in [4.69, 9.17) is 4.74 Å². The van der Waals surface area contributed by atoms with E-state index in [1.165, 1.54) is 0 Å². The summed E-state index contributed by atoms with van der Waals surface area (Å²) in [5, 5.41) is 2.80. The van der Waals surface area contributed by atoms with Crippen molar-refractivity contribution in [3.63, 3.8) is 0 Å². The van der Waals surface area contributed by atoms with Gasteiger partial charge in [-0.2, -0.15) is 0 Å². The van der Waals surface area contributed by atoms with Crippen LogP contribution in [-0.2, 0) is 14.6 Å². The van der Waals surface area contributed by atoms with Crippen molar-refractivity contribution in [2.75, 3.05) is 24.6 Å². The number of nitrogens with zero attached hydrogens (tertiary/aromatic N) is 1. The Hall–Kier alpha value is -0.820. The summed E-state index contributed by atoms with van der Waals surface area (Å²) in [6.07, 6.45) is 0.558. The molecule has 3 atom stereocenters. The summed E-state index contributed by atoms with van der Waals surface area (Å²) >= 11 is 0. The van der Waals surface area contributed by atoms with Crippen LogP contribution in [0.3, 0.4) is 0 Å². The lowest BCUT2D eigenvalue weighted by molar-refractivity contribution is -0.0547. The van der Waals surface area contributed by atoms with Crippen molar-refractivity contribution < 1.29 is 17.9 Å². The van der Waals surface area contributed by atoms with Gasteiger partial charge in [-0.05, 0) is 20.3 Å². The summed E-state index contributed by atoms with van der Waals surface area (Å²) in [6.45, 7) is 4.96. The normalized spacial score (nSPS) is 35.4. The fourth-order valence-corrected chi connectivity index (χ4v) is 4.19. The Morgan fingerprint density at radius 2 is 1.89 bits per heavy atom. The summed E-state index contributed by atoms with van der Waals surface area (Å²) in [5.41, 5.74) is 0. The Labute approximate surface area is 108 Å². The molecule has 18 heavy (non-hydrogen) atoms. The zero-order chi connectivity index (χ0) is 13.3. The van der Waals surface area contributed by atoms with Crippen LogP contribution in [0.25, 0.3) is 0 Å². The van der Waals surface area contributed by atoms with E-state index in [9.17, 15) is 13.2 Å². The molecule has 0 spiro atoms. The highest BCUT2D eigenvalue weighted by Crippen LogP contribution is 2.14. The molecule has 2 aliphatic rings. The van der Waals surface area contributed by atoms with Crippen molar-refractivity contribution in [1.29, 1.82) is 0 Å². The second-order valence-electron chi connectivity index (χ2n) is 5.21. The van der Waals surface area contributed by atoms with Gasteiger partial charge in [0.05, 0.1) is 23.7 Å². The number of morpholine rings is 1. The molecule has 0 aromatic heterocycles. The molecule has 0 aromatic rings. The third-order valence-electron chi connectivity index (χ3n) is 3.27. The molecule has 0 saturated carbocycles. The Morgan fingerprint density at radius 3 is 2.39 bits per heavy atom. The standard InChI is InChI=1S/C11H20N2O4S/c1-8-5-13(6-9(2)17-8)11(14)12-10-3-4-18(15,16)7-10/h8-10H,3-7H2,1-2H3,(H,12,14)/t8-,9-,10-/m1/s1. The fourth-order valence-electron chi connectivity index (χ4n) is 2.52. The summed E-state index contributed by atoms with van der Waals surface area (Å²) in [6, 6.07) is -0.421. The number of sulfone groups is 1. The third kappa shape index (κ3) is 3.35. The summed E-state index contributed by atoms with van der Waals surface area (Å²) in [7, 11) is -2.95. The molecule has 0 aliphatic carbocycles. The summed E-state index contributed by atoms with van der Waals surface area (Å²) < 4.78 is 28.2. The van der Waals surface area contributed by atoms with Crippen LogP contribution in [0.4, 0.5) is 4.79 Å². The van der Waals surface area contributed by atoms with Crippen LogP contribution in [0, 0.1) is 0 Å². The first kappa shape index (κ1) is 13.6. The summed E-state index contributed by atoms with van der Waals surface area (Å²) in [4.78, 5) is 13.7. The van der Waals surface area contributed by atoms with E-state index >= 15 is 0 Å². The topological polar surface area (TPSA) is 75.7 Å². The number of amides is 2. The van der Waals surface area contributed by atoms with Crippen LogP contribution in [0.5, 0.6) is 0 Å².